The zero-order chi connectivity index (χ0) is 13.8. The molecule has 0 bridgehead atoms. The van der Waals surface area contributed by atoms with Crippen molar-refractivity contribution in [2.75, 3.05) is 18.0 Å². The zero-order valence-corrected chi connectivity index (χ0v) is 11.4. The van der Waals surface area contributed by atoms with Gasteiger partial charge in [0.05, 0.1) is 10.6 Å². The van der Waals surface area contributed by atoms with Gasteiger partial charge in [-0.3, -0.25) is 4.79 Å². The van der Waals surface area contributed by atoms with E-state index < -0.39 is 21.5 Å². The summed E-state index contributed by atoms with van der Waals surface area (Å²) < 4.78 is 24.1. The lowest BCUT2D eigenvalue weighted by atomic mass is 10.2. The molecule has 1 rings (SSSR count). The van der Waals surface area contributed by atoms with Gasteiger partial charge in [0.25, 0.3) is 0 Å². The maximum absolute atomic E-state index is 12.0. The molecule has 0 aliphatic heterocycles. The summed E-state index contributed by atoms with van der Waals surface area (Å²) in [5, 5.41) is 2.53. The van der Waals surface area contributed by atoms with Gasteiger partial charge in [-0.25, -0.2) is 8.42 Å². The van der Waals surface area contributed by atoms with E-state index >= 15 is 0 Å². The number of carbonyl (C=O) groups excluding carboxylic acids is 1. The van der Waals surface area contributed by atoms with Gasteiger partial charge in [0.2, 0.25) is 5.91 Å². The second kappa shape index (κ2) is 5.86. The van der Waals surface area contributed by atoms with Crippen molar-refractivity contribution in [3.05, 3.63) is 23.8 Å². The first-order valence-electron chi connectivity index (χ1n) is 5.72. The molecule has 1 aromatic rings. The maximum Gasteiger partial charge on any atom is 0.235 e. The number of aryl methyl sites for hydroxylation is 1. The van der Waals surface area contributed by atoms with Crippen molar-refractivity contribution in [2.45, 2.75) is 25.2 Å². The van der Waals surface area contributed by atoms with Crippen LogP contribution in [0.25, 0.3) is 0 Å². The van der Waals surface area contributed by atoms with Crippen LogP contribution in [0, 0.1) is 6.92 Å². The third-order valence-electron chi connectivity index (χ3n) is 2.40. The van der Waals surface area contributed by atoms with Crippen molar-refractivity contribution in [2.24, 2.45) is 0 Å². The van der Waals surface area contributed by atoms with Crippen LogP contribution in [-0.4, -0.2) is 26.6 Å². The third-order valence-corrected chi connectivity index (χ3v) is 4.06. The fourth-order valence-electron chi connectivity index (χ4n) is 1.48. The van der Waals surface area contributed by atoms with Crippen molar-refractivity contribution in [3.63, 3.8) is 0 Å². The number of hydrogen-bond acceptors (Lipinski definition) is 4. The van der Waals surface area contributed by atoms with Crippen molar-refractivity contribution in [3.8, 4) is 0 Å². The Bertz CT molecular complexity index is 538. The van der Waals surface area contributed by atoms with Gasteiger partial charge in [-0.1, -0.05) is 13.0 Å². The van der Waals surface area contributed by atoms with E-state index in [0.29, 0.717) is 6.54 Å². The monoisotopic (exact) mass is 270 g/mol. The van der Waals surface area contributed by atoms with E-state index in [1.54, 1.807) is 13.0 Å². The number of anilines is 1. The predicted molar refractivity (Wildman–Crippen MR) is 70.9 cm³/mol. The van der Waals surface area contributed by atoms with Crippen LogP contribution in [0.4, 0.5) is 5.69 Å². The van der Waals surface area contributed by atoms with Crippen LogP contribution in [0.2, 0.25) is 0 Å². The Morgan fingerprint density at radius 3 is 2.67 bits per heavy atom. The summed E-state index contributed by atoms with van der Waals surface area (Å²) in [6, 6.07) is 4.75. The van der Waals surface area contributed by atoms with E-state index in [1.165, 1.54) is 12.1 Å². The Morgan fingerprint density at radius 2 is 2.06 bits per heavy atom. The molecule has 100 valence electrons. The minimum absolute atomic E-state index is 0.0224. The minimum atomic E-state index is -3.68. The summed E-state index contributed by atoms with van der Waals surface area (Å²) in [6.07, 6.45) is 0.762. The number of carbonyl (C=O) groups is 1. The number of amides is 1. The number of nitrogens with one attached hydrogen (secondary N) is 1. The fourth-order valence-corrected chi connectivity index (χ4v) is 2.87. The van der Waals surface area contributed by atoms with E-state index in [2.05, 4.69) is 5.32 Å². The summed E-state index contributed by atoms with van der Waals surface area (Å²) in [5.74, 6) is -1.07. The fraction of sp³-hybridized carbons (Fsp3) is 0.417. The lowest BCUT2D eigenvalue weighted by Gasteiger charge is -2.08. The van der Waals surface area contributed by atoms with Crippen molar-refractivity contribution in [1.82, 2.24) is 5.32 Å². The van der Waals surface area contributed by atoms with Crippen molar-refractivity contribution in [1.29, 1.82) is 0 Å². The molecule has 3 N–H and O–H groups in total. The molecule has 0 aromatic heterocycles. The lowest BCUT2D eigenvalue weighted by molar-refractivity contribution is -0.118. The molecule has 0 saturated heterocycles. The Morgan fingerprint density at radius 1 is 1.39 bits per heavy atom. The Labute approximate surface area is 107 Å². The Hall–Kier alpha value is -1.56. The minimum Gasteiger partial charge on any atom is -0.398 e. The average Bonchev–Trinajstić information content (AvgIpc) is 2.29. The number of sulfone groups is 1. The molecule has 0 aliphatic rings. The smallest absolute Gasteiger partial charge is 0.235 e. The molecule has 0 fully saturated rings. The van der Waals surface area contributed by atoms with Crippen molar-refractivity contribution < 1.29 is 13.2 Å². The van der Waals surface area contributed by atoms with Gasteiger partial charge in [-0.15, -0.1) is 0 Å². The first kappa shape index (κ1) is 14.5. The van der Waals surface area contributed by atoms with Crippen LogP contribution >= 0.6 is 0 Å². The lowest BCUT2D eigenvalue weighted by Crippen LogP contribution is -2.31. The quantitative estimate of drug-likeness (QED) is 0.777. The summed E-state index contributed by atoms with van der Waals surface area (Å²) in [5.41, 5.74) is 6.60. The maximum atomic E-state index is 12.0. The number of hydrogen-bond donors (Lipinski definition) is 2. The van der Waals surface area contributed by atoms with Crippen LogP contribution in [0.3, 0.4) is 0 Å². The van der Waals surface area contributed by atoms with Crippen LogP contribution in [0.15, 0.2) is 23.1 Å². The molecule has 5 nitrogen and oxygen atoms in total. The SMILES string of the molecule is CCCNC(=O)CS(=O)(=O)c1cc(C)ccc1N. The first-order chi connectivity index (χ1) is 8.36. The standard InChI is InChI=1S/C12H18N2O3S/c1-3-6-14-12(15)8-18(16,17)11-7-9(2)4-5-10(11)13/h4-5,7H,3,6,8,13H2,1-2H3,(H,14,15). The Balaban J connectivity index is 2.93. The van der Waals surface area contributed by atoms with Gasteiger partial charge in [-0.2, -0.15) is 0 Å². The van der Waals surface area contributed by atoms with Gasteiger partial charge in [0.1, 0.15) is 5.75 Å². The van der Waals surface area contributed by atoms with Gasteiger partial charge < -0.3 is 11.1 Å². The Kier molecular flexibility index (Phi) is 4.72. The first-order valence-corrected chi connectivity index (χ1v) is 7.37. The van der Waals surface area contributed by atoms with Gasteiger partial charge in [0.15, 0.2) is 9.84 Å². The summed E-state index contributed by atoms with van der Waals surface area (Å²) in [6.45, 7) is 4.14. The van der Waals surface area contributed by atoms with Gasteiger partial charge in [0, 0.05) is 6.54 Å². The molecular formula is C12H18N2O3S. The number of rotatable bonds is 5. The summed E-state index contributed by atoms with van der Waals surface area (Å²) in [4.78, 5) is 11.5. The summed E-state index contributed by atoms with van der Waals surface area (Å²) >= 11 is 0. The number of benzene rings is 1. The van der Waals surface area contributed by atoms with Crippen LogP contribution in [0.5, 0.6) is 0 Å². The molecule has 18 heavy (non-hydrogen) atoms. The highest BCUT2D eigenvalue weighted by Crippen LogP contribution is 2.20. The van der Waals surface area contributed by atoms with E-state index in [1.807, 2.05) is 6.92 Å². The highest BCUT2D eigenvalue weighted by molar-refractivity contribution is 7.92. The van der Waals surface area contributed by atoms with E-state index in [-0.39, 0.29) is 10.6 Å². The van der Waals surface area contributed by atoms with E-state index in [9.17, 15) is 13.2 Å². The van der Waals surface area contributed by atoms with E-state index in [0.717, 1.165) is 12.0 Å². The normalized spacial score (nSPS) is 11.2. The molecule has 1 amide bonds. The second-order valence-corrected chi connectivity index (χ2v) is 6.11. The van der Waals surface area contributed by atoms with Gasteiger partial charge in [-0.05, 0) is 31.0 Å². The largest absolute Gasteiger partial charge is 0.398 e. The van der Waals surface area contributed by atoms with Crippen LogP contribution < -0.4 is 11.1 Å². The van der Waals surface area contributed by atoms with Crippen LogP contribution in [0.1, 0.15) is 18.9 Å². The van der Waals surface area contributed by atoms with Crippen molar-refractivity contribution >= 4 is 21.4 Å². The molecule has 0 spiro atoms. The molecule has 0 unspecified atom stereocenters. The number of nitrogens with two attached hydrogens (primary N) is 1. The number of nitrogen functional groups attached to an aromatic ring is 1. The molecule has 0 atom stereocenters. The molecule has 0 saturated carbocycles. The molecule has 1 aromatic carbocycles. The highest BCUT2D eigenvalue weighted by atomic mass is 32.2. The molecule has 0 heterocycles. The van der Waals surface area contributed by atoms with E-state index in [4.69, 9.17) is 5.73 Å². The topological polar surface area (TPSA) is 89.3 Å². The second-order valence-electron chi connectivity index (χ2n) is 4.15. The third kappa shape index (κ3) is 3.73. The average molecular weight is 270 g/mol. The predicted octanol–water partition coefficient (Wildman–Crippen LogP) is 0.877. The molecule has 6 heteroatoms. The molecular weight excluding hydrogens is 252 g/mol. The molecule has 0 aliphatic carbocycles. The molecule has 0 radical (unpaired) electrons. The summed E-state index contributed by atoms with van der Waals surface area (Å²) in [7, 11) is -3.68. The van der Waals surface area contributed by atoms with Gasteiger partial charge >= 0.3 is 0 Å². The van der Waals surface area contributed by atoms with Crippen LogP contribution in [-0.2, 0) is 14.6 Å². The highest BCUT2D eigenvalue weighted by Gasteiger charge is 2.21. The zero-order valence-electron chi connectivity index (χ0n) is 10.6.